The number of halogens is 1. The Morgan fingerprint density at radius 2 is 1.65 bits per heavy atom. The van der Waals surface area contributed by atoms with Crippen molar-refractivity contribution in [3.8, 4) is 28.4 Å². The lowest BCUT2D eigenvalue weighted by Gasteiger charge is -2.15. The molecule has 2 aromatic carbocycles. The Bertz CT molecular complexity index is 1360. The van der Waals surface area contributed by atoms with Crippen LogP contribution in [0.1, 0.15) is 10.4 Å². The van der Waals surface area contributed by atoms with Crippen LogP contribution in [0, 0.1) is 0 Å². The molecule has 4 heterocycles. The number of pyridine rings is 1. The lowest BCUT2D eigenvalue weighted by Crippen LogP contribution is -2.34. The summed E-state index contributed by atoms with van der Waals surface area (Å²) in [6, 6.07) is 17.3. The number of aromatic amines is 1. The third kappa shape index (κ3) is 3.74. The van der Waals surface area contributed by atoms with Gasteiger partial charge in [-0.25, -0.2) is 4.98 Å². The number of hydrogen-bond acceptors (Lipinski definition) is 7. The molecule has 9 heteroatoms. The molecule has 6 rings (SSSR count). The summed E-state index contributed by atoms with van der Waals surface area (Å²) in [6.45, 7) is 0.547. The third-order valence-corrected chi connectivity index (χ3v) is 6.48. The summed E-state index contributed by atoms with van der Waals surface area (Å²) in [5.74, 6) is 0. The van der Waals surface area contributed by atoms with Gasteiger partial charge in [-0.3, -0.25) is 4.79 Å². The van der Waals surface area contributed by atoms with E-state index >= 15 is 0 Å². The Balaban J connectivity index is 1.24. The zero-order valence-electron chi connectivity index (χ0n) is 17.8. The van der Waals surface area contributed by atoms with E-state index in [9.17, 15) is 9.90 Å². The molecule has 8 nitrogen and oxygen atoms in total. The summed E-state index contributed by atoms with van der Waals surface area (Å²) in [4.78, 5) is 23.1. The van der Waals surface area contributed by atoms with Crippen molar-refractivity contribution in [2.24, 2.45) is 0 Å². The van der Waals surface area contributed by atoms with E-state index in [0.717, 1.165) is 23.0 Å². The number of H-pyrrole nitrogens is 1. The number of carbonyl (C=O) groups is 1. The second-order valence-electron chi connectivity index (χ2n) is 8.37. The van der Waals surface area contributed by atoms with Crippen LogP contribution in [0.25, 0.3) is 33.5 Å². The summed E-state index contributed by atoms with van der Waals surface area (Å²) in [7, 11) is 0. The van der Waals surface area contributed by atoms with E-state index in [0.29, 0.717) is 40.1 Å². The van der Waals surface area contributed by atoms with Gasteiger partial charge in [0.2, 0.25) is 0 Å². The fourth-order valence-electron chi connectivity index (χ4n) is 4.42. The minimum atomic E-state index is -0.639. The van der Waals surface area contributed by atoms with Crippen LogP contribution in [-0.2, 0) is 9.47 Å². The topological polar surface area (TPSA) is 107 Å². The number of benzene rings is 2. The van der Waals surface area contributed by atoms with Gasteiger partial charge in [0.1, 0.15) is 24.6 Å². The van der Waals surface area contributed by atoms with Crippen LogP contribution in [0.3, 0.4) is 0 Å². The number of imidazole rings is 1. The van der Waals surface area contributed by atoms with Crippen molar-refractivity contribution in [2.75, 3.05) is 13.2 Å². The molecule has 2 saturated heterocycles. The van der Waals surface area contributed by atoms with E-state index in [1.807, 2.05) is 36.4 Å². The highest BCUT2D eigenvalue weighted by Crippen LogP contribution is 2.33. The maximum Gasteiger partial charge on any atom is 0.296 e. The normalized spacial score (nSPS) is 23.8. The largest absolute Gasteiger partial charge is 0.456 e. The summed E-state index contributed by atoms with van der Waals surface area (Å²) >= 11 is 6.54. The SMILES string of the molecule is O=Cc1ccc(-c2ccc(-c3nc4nc(O[C@@H]5CO[C@H]6[C@@H]5OC[C@H]6O)[nH]c4cc3Cl)cc2)cc1. The molecule has 2 aliphatic rings. The molecule has 0 saturated carbocycles. The first-order valence-corrected chi connectivity index (χ1v) is 11.3. The molecule has 0 amide bonds. The van der Waals surface area contributed by atoms with E-state index in [1.165, 1.54) is 0 Å². The molecule has 0 radical (unpaired) electrons. The van der Waals surface area contributed by atoms with Crippen LogP contribution < -0.4 is 4.74 Å². The van der Waals surface area contributed by atoms with Crippen molar-refractivity contribution in [3.05, 3.63) is 65.2 Å². The number of aldehydes is 1. The molecule has 0 bridgehead atoms. The predicted octanol–water partition coefficient (Wildman–Crippen LogP) is 3.66. The molecule has 2 N–H and O–H groups in total. The van der Waals surface area contributed by atoms with Crippen molar-refractivity contribution < 1.29 is 24.1 Å². The first kappa shape index (κ1) is 21.2. The van der Waals surface area contributed by atoms with Crippen molar-refractivity contribution >= 4 is 29.1 Å². The van der Waals surface area contributed by atoms with Gasteiger partial charge < -0.3 is 24.3 Å². The highest BCUT2D eigenvalue weighted by Gasteiger charge is 2.48. The molecule has 4 aromatic rings. The maximum absolute atomic E-state index is 10.9. The molecular formula is C25H20ClN3O5. The van der Waals surface area contributed by atoms with Gasteiger partial charge in [0.05, 0.1) is 29.4 Å². The molecule has 34 heavy (non-hydrogen) atoms. The van der Waals surface area contributed by atoms with Gasteiger partial charge >= 0.3 is 0 Å². The van der Waals surface area contributed by atoms with Gasteiger partial charge in [0, 0.05) is 11.1 Å². The molecule has 0 aliphatic carbocycles. The number of aromatic nitrogens is 3. The minimum Gasteiger partial charge on any atom is -0.456 e. The highest BCUT2D eigenvalue weighted by atomic mass is 35.5. The molecule has 0 unspecified atom stereocenters. The summed E-state index contributed by atoms with van der Waals surface area (Å²) in [5, 5.41) is 10.4. The van der Waals surface area contributed by atoms with Gasteiger partial charge in [-0.15, -0.1) is 0 Å². The second kappa shape index (κ2) is 8.48. The number of fused-ring (bicyclic) bond motifs is 2. The second-order valence-corrected chi connectivity index (χ2v) is 8.78. The zero-order chi connectivity index (χ0) is 23.2. The number of aliphatic hydroxyl groups is 1. The predicted molar refractivity (Wildman–Crippen MR) is 125 cm³/mol. The zero-order valence-corrected chi connectivity index (χ0v) is 18.6. The number of ether oxygens (including phenoxy) is 3. The number of nitrogens with one attached hydrogen (secondary N) is 1. The average molecular weight is 478 g/mol. The lowest BCUT2D eigenvalue weighted by molar-refractivity contribution is 0.00706. The number of hydrogen-bond donors (Lipinski definition) is 2. The Morgan fingerprint density at radius 3 is 2.38 bits per heavy atom. The van der Waals surface area contributed by atoms with Gasteiger partial charge in [-0.2, -0.15) is 4.98 Å². The van der Waals surface area contributed by atoms with Crippen molar-refractivity contribution in [3.63, 3.8) is 0 Å². The van der Waals surface area contributed by atoms with Gasteiger partial charge in [0.25, 0.3) is 6.01 Å². The molecule has 4 atom stereocenters. The Kier molecular flexibility index (Phi) is 5.30. The van der Waals surface area contributed by atoms with Gasteiger partial charge in [-0.05, 0) is 17.2 Å². The van der Waals surface area contributed by atoms with Gasteiger partial charge in [0.15, 0.2) is 11.8 Å². The molecule has 2 fully saturated rings. The summed E-state index contributed by atoms with van der Waals surface area (Å²) in [5.41, 5.74) is 5.26. The van der Waals surface area contributed by atoms with E-state index in [1.54, 1.807) is 18.2 Å². The monoisotopic (exact) mass is 477 g/mol. The smallest absolute Gasteiger partial charge is 0.296 e. The van der Waals surface area contributed by atoms with Crippen LogP contribution >= 0.6 is 11.6 Å². The lowest BCUT2D eigenvalue weighted by atomic mass is 10.0. The van der Waals surface area contributed by atoms with E-state index < -0.39 is 6.10 Å². The number of carbonyl (C=O) groups excluding carboxylic acids is 1. The number of aliphatic hydroxyl groups excluding tert-OH is 1. The maximum atomic E-state index is 10.9. The van der Waals surface area contributed by atoms with E-state index in [2.05, 4.69) is 15.0 Å². The Morgan fingerprint density at radius 1 is 0.971 bits per heavy atom. The van der Waals surface area contributed by atoms with Crippen molar-refractivity contribution in [2.45, 2.75) is 24.4 Å². The van der Waals surface area contributed by atoms with Crippen molar-refractivity contribution in [1.82, 2.24) is 15.0 Å². The van der Waals surface area contributed by atoms with E-state index in [-0.39, 0.29) is 24.9 Å². The van der Waals surface area contributed by atoms with E-state index in [4.69, 9.17) is 25.8 Å². The first-order chi connectivity index (χ1) is 16.6. The summed E-state index contributed by atoms with van der Waals surface area (Å²) in [6.07, 6.45) is -0.888. The fourth-order valence-corrected chi connectivity index (χ4v) is 4.68. The standard InChI is InChI=1S/C25H20ClN3O5/c26-17-9-18-24(29-25(27-18)34-20-12-33-22-19(31)11-32-23(20)22)28-21(17)16-7-5-15(6-8-16)14-3-1-13(10-30)2-4-14/h1-10,19-20,22-23,31H,11-12H2,(H,27,28,29)/t19-,20-,22-,23-/m1/s1. The molecule has 172 valence electrons. The number of nitrogens with zero attached hydrogens (tertiary/aromatic N) is 2. The Labute approximate surface area is 199 Å². The van der Waals surface area contributed by atoms with Crippen molar-refractivity contribution in [1.29, 1.82) is 0 Å². The van der Waals surface area contributed by atoms with Crippen LogP contribution in [0.4, 0.5) is 0 Å². The van der Waals surface area contributed by atoms with Crippen LogP contribution in [0.15, 0.2) is 54.6 Å². The molecule has 2 aromatic heterocycles. The van der Waals surface area contributed by atoms with Crippen LogP contribution in [-0.4, -0.2) is 64.0 Å². The first-order valence-electron chi connectivity index (χ1n) is 10.9. The average Bonchev–Trinajstić information content (AvgIpc) is 3.55. The number of rotatable bonds is 5. The molecular weight excluding hydrogens is 458 g/mol. The van der Waals surface area contributed by atoms with Gasteiger partial charge in [-0.1, -0.05) is 60.1 Å². The summed E-state index contributed by atoms with van der Waals surface area (Å²) < 4.78 is 17.2. The minimum absolute atomic E-state index is 0.235. The molecule has 2 aliphatic heterocycles. The quantitative estimate of drug-likeness (QED) is 0.422. The third-order valence-electron chi connectivity index (χ3n) is 6.19. The van der Waals surface area contributed by atoms with Crippen LogP contribution in [0.5, 0.6) is 6.01 Å². The van der Waals surface area contributed by atoms with Crippen LogP contribution in [0.2, 0.25) is 5.02 Å². The molecule has 0 spiro atoms. The highest BCUT2D eigenvalue weighted by molar-refractivity contribution is 6.33. The fraction of sp³-hybridized carbons (Fsp3) is 0.240. The Hall–Kier alpha value is -3.30.